The third kappa shape index (κ3) is 2.54. The van der Waals surface area contributed by atoms with E-state index in [1.54, 1.807) is 0 Å². The number of thiocarbonyl (C=S) groups is 1. The van der Waals surface area contributed by atoms with E-state index in [2.05, 4.69) is 5.32 Å². The van der Waals surface area contributed by atoms with Gasteiger partial charge in [-0.25, -0.2) is 0 Å². The molecule has 0 bridgehead atoms. The molecule has 100 valence electrons. The van der Waals surface area contributed by atoms with E-state index in [1.165, 1.54) is 0 Å². The van der Waals surface area contributed by atoms with Crippen molar-refractivity contribution in [1.29, 1.82) is 0 Å². The summed E-state index contributed by atoms with van der Waals surface area (Å²) < 4.78 is 0. The van der Waals surface area contributed by atoms with E-state index >= 15 is 0 Å². The maximum atomic E-state index is 11.8. The van der Waals surface area contributed by atoms with E-state index < -0.39 is 5.54 Å². The lowest BCUT2D eigenvalue weighted by molar-refractivity contribution is -0.145. The zero-order chi connectivity index (χ0) is 13.6. The number of nitrogens with one attached hydrogen (secondary N) is 1. The first-order chi connectivity index (χ1) is 8.25. The van der Waals surface area contributed by atoms with Crippen molar-refractivity contribution in [3.8, 4) is 0 Å². The summed E-state index contributed by atoms with van der Waals surface area (Å²) in [7, 11) is 0. The molecule has 0 unspecified atom stereocenters. The molecule has 0 aromatic heterocycles. The molecule has 6 heteroatoms. The summed E-state index contributed by atoms with van der Waals surface area (Å²) in [5.41, 5.74) is 5.04. The van der Waals surface area contributed by atoms with Crippen molar-refractivity contribution in [2.75, 3.05) is 13.1 Å². The number of imide groups is 1. The van der Waals surface area contributed by atoms with Crippen molar-refractivity contribution < 1.29 is 9.59 Å². The van der Waals surface area contributed by atoms with Gasteiger partial charge in [0.25, 0.3) is 0 Å². The van der Waals surface area contributed by atoms with E-state index in [0.717, 1.165) is 12.8 Å². The third-order valence-electron chi connectivity index (χ3n) is 3.97. The number of amides is 2. The Morgan fingerprint density at radius 2 is 2.06 bits per heavy atom. The van der Waals surface area contributed by atoms with Crippen LogP contribution < -0.4 is 11.1 Å². The molecule has 18 heavy (non-hydrogen) atoms. The van der Waals surface area contributed by atoms with Crippen molar-refractivity contribution in [1.82, 2.24) is 10.2 Å². The highest BCUT2D eigenvalue weighted by Gasteiger charge is 2.49. The molecule has 2 rings (SSSR count). The molecule has 0 aromatic rings. The molecule has 2 aliphatic rings. The number of hydrogen-bond acceptors (Lipinski definition) is 4. The molecule has 1 aliphatic carbocycles. The van der Waals surface area contributed by atoms with Crippen LogP contribution in [0.15, 0.2) is 0 Å². The van der Waals surface area contributed by atoms with Gasteiger partial charge in [-0.05, 0) is 32.1 Å². The number of hydrogen-bond donors (Lipinski definition) is 2. The molecule has 0 aromatic carbocycles. The van der Waals surface area contributed by atoms with E-state index in [9.17, 15) is 9.59 Å². The Hall–Kier alpha value is -1.01. The molecule has 5 nitrogen and oxygen atoms in total. The van der Waals surface area contributed by atoms with E-state index in [1.807, 2.05) is 18.7 Å². The lowest BCUT2D eigenvalue weighted by Crippen LogP contribution is -2.64. The number of carbonyl (C=O) groups is 2. The number of nitrogens with two attached hydrogens (primary N) is 1. The number of rotatable bonds is 4. The molecule has 2 fully saturated rings. The molecule has 1 saturated carbocycles. The minimum atomic E-state index is -0.653. The van der Waals surface area contributed by atoms with Crippen molar-refractivity contribution >= 4 is 29.0 Å². The topological polar surface area (TPSA) is 75.4 Å². The van der Waals surface area contributed by atoms with E-state index in [-0.39, 0.29) is 23.8 Å². The highest BCUT2D eigenvalue weighted by atomic mass is 32.1. The molecule has 1 aliphatic heterocycles. The summed E-state index contributed by atoms with van der Waals surface area (Å²) in [4.78, 5) is 25.8. The monoisotopic (exact) mass is 269 g/mol. The first-order valence-electron chi connectivity index (χ1n) is 6.13. The van der Waals surface area contributed by atoms with Crippen LogP contribution in [0.25, 0.3) is 0 Å². The van der Waals surface area contributed by atoms with Crippen LogP contribution in [0.4, 0.5) is 0 Å². The molecular weight excluding hydrogens is 250 g/mol. The summed E-state index contributed by atoms with van der Waals surface area (Å²) in [6.45, 7) is 4.64. The second-order valence-electron chi connectivity index (χ2n) is 5.94. The van der Waals surface area contributed by atoms with Crippen LogP contribution in [0.5, 0.6) is 0 Å². The Bertz CT molecular complexity index is 416. The summed E-state index contributed by atoms with van der Waals surface area (Å²) in [5.74, 6) is -0.463. The van der Waals surface area contributed by atoms with Gasteiger partial charge in [0.1, 0.15) is 0 Å². The van der Waals surface area contributed by atoms with Gasteiger partial charge in [0.05, 0.1) is 17.1 Å². The van der Waals surface area contributed by atoms with E-state index in [4.69, 9.17) is 18.0 Å². The highest BCUT2D eigenvalue weighted by molar-refractivity contribution is 7.80. The molecule has 0 spiro atoms. The normalized spacial score (nSPS) is 25.7. The summed E-state index contributed by atoms with van der Waals surface area (Å²) in [6.07, 6.45) is 2.82. The third-order valence-corrected chi connectivity index (χ3v) is 4.11. The highest BCUT2D eigenvalue weighted by Crippen LogP contribution is 2.50. The second kappa shape index (κ2) is 4.28. The molecule has 1 saturated heterocycles. The molecule has 1 heterocycles. The van der Waals surface area contributed by atoms with Gasteiger partial charge in [-0.1, -0.05) is 12.2 Å². The van der Waals surface area contributed by atoms with Crippen LogP contribution in [0.3, 0.4) is 0 Å². The van der Waals surface area contributed by atoms with Crippen LogP contribution in [0, 0.1) is 5.41 Å². The second-order valence-corrected chi connectivity index (χ2v) is 6.46. The average Bonchev–Trinajstić information content (AvgIpc) is 2.93. The maximum absolute atomic E-state index is 11.8. The van der Waals surface area contributed by atoms with Crippen LogP contribution in [0.2, 0.25) is 0 Å². The first kappa shape index (κ1) is 13.4. The summed E-state index contributed by atoms with van der Waals surface area (Å²) in [5, 5.41) is 2.38. The largest absolute Gasteiger partial charge is 0.393 e. The van der Waals surface area contributed by atoms with Gasteiger partial charge in [-0.2, -0.15) is 0 Å². The Morgan fingerprint density at radius 3 is 2.56 bits per heavy atom. The van der Waals surface area contributed by atoms with Crippen LogP contribution in [0.1, 0.15) is 33.1 Å². The predicted octanol–water partition coefficient (Wildman–Crippen LogP) is 0.180. The van der Waals surface area contributed by atoms with Crippen LogP contribution >= 0.6 is 12.2 Å². The number of piperazine rings is 1. The van der Waals surface area contributed by atoms with Crippen molar-refractivity contribution in [3.63, 3.8) is 0 Å². The van der Waals surface area contributed by atoms with Gasteiger partial charge in [0.15, 0.2) is 0 Å². The zero-order valence-electron chi connectivity index (χ0n) is 10.8. The van der Waals surface area contributed by atoms with Gasteiger partial charge < -0.3 is 5.73 Å². The Balaban J connectivity index is 2.10. The van der Waals surface area contributed by atoms with Gasteiger partial charge in [-0.3, -0.25) is 19.8 Å². The molecule has 3 N–H and O–H groups in total. The molecule has 2 amide bonds. The van der Waals surface area contributed by atoms with Gasteiger partial charge in [0.2, 0.25) is 11.8 Å². The van der Waals surface area contributed by atoms with Gasteiger partial charge >= 0.3 is 0 Å². The van der Waals surface area contributed by atoms with Gasteiger partial charge in [0, 0.05) is 13.0 Å². The minimum absolute atomic E-state index is 0.0843. The minimum Gasteiger partial charge on any atom is -0.393 e. The Morgan fingerprint density at radius 1 is 1.44 bits per heavy atom. The zero-order valence-corrected chi connectivity index (χ0v) is 11.6. The van der Waals surface area contributed by atoms with Crippen molar-refractivity contribution in [3.05, 3.63) is 0 Å². The van der Waals surface area contributed by atoms with Gasteiger partial charge in [-0.15, -0.1) is 0 Å². The maximum Gasteiger partial charge on any atom is 0.246 e. The van der Waals surface area contributed by atoms with E-state index in [0.29, 0.717) is 18.0 Å². The smallest absolute Gasteiger partial charge is 0.246 e. The molecular formula is C12H19N3O2S. The fourth-order valence-corrected chi connectivity index (χ4v) is 2.74. The molecule has 0 atom stereocenters. The number of nitrogens with zero attached hydrogens (tertiary/aromatic N) is 1. The SMILES string of the molecule is CC1(C)C(=O)NC(=O)CN1CC1(CC(N)=S)CC1. The van der Waals surface area contributed by atoms with Crippen molar-refractivity contribution in [2.45, 2.75) is 38.6 Å². The predicted molar refractivity (Wildman–Crippen MR) is 71.9 cm³/mol. The summed E-state index contributed by atoms with van der Waals surface area (Å²) in [6, 6.07) is 0. The Labute approximate surface area is 112 Å². The Kier molecular flexibility index (Phi) is 3.19. The van der Waals surface area contributed by atoms with Crippen molar-refractivity contribution in [2.24, 2.45) is 11.1 Å². The lowest BCUT2D eigenvalue weighted by Gasteiger charge is -2.42. The standard InChI is InChI=1S/C12H19N3O2S/c1-11(2)10(17)14-9(16)6-15(11)7-12(3-4-12)5-8(13)18/h3-7H2,1-2H3,(H2,13,18)(H,14,16,17). The summed E-state index contributed by atoms with van der Waals surface area (Å²) >= 11 is 4.97. The first-order valence-corrected chi connectivity index (χ1v) is 6.54. The quantitative estimate of drug-likeness (QED) is 0.562. The fourth-order valence-electron chi connectivity index (χ4n) is 2.43. The number of carbonyl (C=O) groups excluding carboxylic acids is 2. The molecule has 0 radical (unpaired) electrons. The van der Waals surface area contributed by atoms with Crippen LogP contribution in [-0.2, 0) is 9.59 Å². The lowest BCUT2D eigenvalue weighted by atomic mass is 9.94. The fraction of sp³-hybridized carbons (Fsp3) is 0.750. The average molecular weight is 269 g/mol. The van der Waals surface area contributed by atoms with Crippen LogP contribution in [-0.4, -0.2) is 40.3 Å².